The number of benzene rings is 2. The van der Waals surface area contributed by atoms with Crippen LogP contribution in [0.1, 0.15) is 31.4 Å². The zero-order valence-electron chi connectivity index (χ0n) is 14.5. The second-order valence-corrected chi connectivity index (χ2v) is 7.17. The van der Waals surface area contributed by atoms with Gasteiger partial charge in [-0.1, -0.05) is 12.1 Å². The van der Waals surface area contributed by atoms with Gasteiger partial charge in [0.1, 0.15) is 17.3 Å². The Balaban J connectivity index is 1.62. The molecule has 26 heavy (non-hydrogen) atoms. The lowest BCUT2D eigenvalue weighted by molar-refractivity contribution is 0.0734. The van der Waals surface area contributed by atoms with Gasteiger partial charge in [-0.2, -0.15) is 0 Å². The summed E-state index contributed by atoms with van der Waals surface area (Å²) in [5, 5.41) is 10.1. The van der Waals surface area contributed by atoms with E-state index in [9.17, 15) is 14.3 Å². The first kappa shape index (κ1) is 18.1. The average Bonchev–Trinajstić information content (AvgIpc) is 3.09. The van der Waals surface area contributed by atoms with Crippen LogP contribution in [0.25, 0.3) is 0 Å². The first-order chi connectivity index (χ1) is 12.4. The number of halogens is 1. The minimum atomic E-state index is -0.552. The molecular formula is C20H18FNO3S. The summed E-state index contributed by atoms with van der Waals surface area (Å²) >= 11 is 1.29. The van der Waals surface area contributed by atoms with Crippen LogP contribution in [0, 0.1) is 19.7 Å². The third kappa shape index (κ3) is 4.26. The minimum absolute atomic E-state index is 0.266. The molecule has 0 fully saturated rings. The van der Waals surface area contributed by atoms with Gasteiger partial charge >= 0.3 is 5.97 Å². The van der Waals surface area contributed by atoms with Crippen LogP contribution < -0.4 is 4.74 Å². The Labute approximate surface area is 154 Å². The monoisotopic (exact) mass is 371 g/mol. The average molecular weight is 371 g/mol. The zero-order valence-corrected chi connectivity index (χ0v) is 15.3. The SMILES string of the molecule is Cc1cc(CCc2cnc(C(=O)Oc3ccc(F)cc3)s2)cc(C)c1O. The number of hydrogen-bond donors (Lipinski definition) is 1. The molecule has 0 saturated heterocycles. The van der Waals surface area contributed by atoms with Gasteiger partial charge < -0.3 is 9.84 Å². The molecule has 134 valence electrons. The molecule has 3 aromatic rings. The van der Waals surface area contributed by atoms with Crippen molar-refractivity contribution >= 4 is 17.3 Å². The van der Waals surface area contributed by atoms with Crippen molar-refractivity contribution in [3.8, 4) is 11.5 Å². The number of phenols is 1. The molecule has 0 aliphatic carbocycles. The predicted molar refractivity (Wildman–Crippen MR) is 98.5 cm³/mol. The summed E-state index contributed by atoms with van der Waals surface area (Å²) in [6.45, 7) is 3.75. The lowest BCUT2D eigenvalue weighted by Crippen LogP contribution is -2.07. The fraction of sp³-hybridized carbons (Fsp3) is 0.200. The summed E-state index contributed by atoms with van der Waals surface area (Å²) in [4.78, 5) is 17.2. The van der Waals surface area contributed by atoms with Crippen LogP contribution in [0.2, 0.25) is 0 Å². The highest BCUT2D eigenvalue weighted by Gasteiger charge is 2.14. The smallest absolute Gasteiger partial charge is 0.372 e. The third-order valence-electron chi connectivity index (χ3n) is 3.96. The van der Waals surface area contributed by atoms with Crippen molar-refractivity contribution in [3.05, 3.63) is 75.0 Å². The highest BCUT2D eigenvalue weighted by molar-refractivity contribution is 7.13. The van der Waals surface area contributed by atoms with E-state index in [2.05, 4.69) is 4.98 Å². The van der Waals surface area contributed by atoms with Crippen molar-refractivity contribution in [1.29, 1.82) is 0 Å². The van der Waals surface area contributed by atoms with Crippen LogP contribution in [-0.2, 0) is 12.8 Å². The summed E-state index contributed by atoms with van der Waals surface area (Å²) < 4.78 is 18.1. The van der Waals surface area contributed by atoms with Gasteiger partial charge in [-0.05, 0) is 67.6 Å². The number of aryl methyl sites for hydroxylation is 4. The topological polar surface area (TPSA) is 59.4 Å². The second-order valence-electron chi connectivity index (χ2n) is 6.05. The molecule has 0 radical (unpaired) electrons. The van der Waals surface area contributed by atoms with Crippen molar-refractivity contribution in [2.45, 2.75) is 26.7 Å². The van der Waals surface area contributed by atoms with Crippen LogP contribution in [-0.4, -0.2) is 16.1 Å². The molecular weight excluding hydrogens is 353 g/mol. The van der Waals surface area contributed by atoms with Gasteiger partial charge in [0, 0.05) is 11.1 Å². The summed E-state index contributed by atoms with van der Waals surface area (Å²) in [6.07, 6.45) is 3.20. The number of rotatable bonds is 5. The molecule has 2 aromatic carbocycles. The number of hydrogen-bond acceptors (Lipinski definition) is 5. The van der Waals surface area contributed by atoms with Gasteiger partial charge in [-0.3, -0.25) is 0 Å². The number of esters is 1. The number of carbonyl (C=O) groups excluding carboxylic acids is 1. The molecule has 0 aliphatic rings. The van der Waals surface area contributed by atoms with Crippen molar-refractivity contribution in [1.82, 2.24) is 4.98 Å². The van der Waals surface area contributed by atoms with Gasteiger partial charge in [-0.25, -0.2) is 14.2 Å². The molecule has 0 unspecified atom stereocenters. The van der Waals surface area contributed by atoms with E-state index in [-0.39, 0.29) is 16.6 Å². The third-order valence-corrected chi connectivity index (χ3v) is 5.00. The summed E-state index contributed by atoms with van der Waals surface area (Å²) in [6, 6.07) is 9.20. The summed E-state index contributed by atoms with van der Waals surface area (Å²) in [5.74, 6) is -0.328. The molecule has 6 heteroatoms. The summed E-state index contributed by atoms with van der Waals surface area (Å²) in [7, 11) is 0. The van der Waals surface area contributed by atoms with Crippen LogP contribution in [0.15, 0.2) is 42.6 Å². The number of phenolic OH excluding ortho intramolecular Hbond substituents is 1. The van der Waals surface area contributed by atoms with Crippen LogP contribution in [0.3, 0.4) is 0 Å². The molecule has 1 aromatic heterocycles. The Morgan fingerprint density at radius 3 is 2.46 bits per heavy atom. The zero-order chi connectivity index (χ0) is 18.7. The Kier molecular flexibility index (Phi) is 5.32. The quantitative estimate of drug-likeness (QED) is 0.526. The predicted octanol–water partition coefficient (Wildman–Crippen LogP) is 4.61. The van der Waals surface area contributed by atoms with Crippen molar-refractivity contribution in [2.24, 2.45) is 0 Å². The van der Waals surface area contributed by atoms with Crippen LogP contribution >= 0.6 is 11.3 Å². The van der Waals surface area contributed by atoms with E-state index in [1.807, 2.05) is 26.0 Å². The molecule has 4 nitrogen and oxygen atoms in total. The summed E-state index contributed by atoms with van der Waals surface area (Å²) in [5.41, 5.74) is 2.84. The largest absolute Gasteiger partial charge is 0.507 e. The van der Waals surface area contributed by atoms with Crippen molar-refractivity contribution in [2.75, 3.05) is 0 Å². The molecule has 0 spiro atoms. The van der Waals surface area contributed by atoms with Gasteiger partial charge in [0.25, 0.3) is 0 Å². The number of ether oxygens (including phenoxy) is 1. The number of carbonyl (C=O) groups is 1. The lowest BCUT2D eigenvalue weighted by atomic mass is 10.0. The van der Waals surface area contributed by atoms with Crippen molar-refractivity contribution in [3.63, 3.8) is 0 Å². The van der Waals surface area contributed by atoms with Crippen molar-refractivity contribution < 1.29 is 19.0 Å². The molecule has 0 atom stereocenters. The van der Waals surface area contributed by atoms with Gasteiger partial charge in [0.15, 0.2) is 0 Å². The maximum absolute atomic E-state index is 12.9. The molecule has 0 aliphatic heterocycles. The van der Waals surface area contributed by atoms with E-state index < -0.39 is 5.97 Å². The minimum Gasteiger partial charge on any atom is -0.507 e. The number of thiazole rings is 1. The van der Waals surface area contributed by atoms with Crippen LogP contribution in [0.5, 0.6) is 11.5 Å². The Morgan fingerprint density at radius 2 is 1.81 bits per heavy atom. The first-order valence-corrected chi connectivity index (χ1v) is 8.95. The standard InChI is InChI=1S/C20H18FNO3S/c1-12-9-14(10-13(2)18(12)23)3-8-17-11-22-19(26-17)20(24)25-16-6-4-15(21)5-7-16/h4-7,9-11,23H,3,8H2,1-2H3. The lowest BCUT2D eigenvalue weighted by Gasteiger charge is -2.07. The van der Waals surface area contributed by atoms with Gasteiger partial charge in [0.2, 0.25) is 5.01 Å². The van der Waals surface area contributed by atoms with Gasteiger partial charge in [-0.15, -0.1) is 11.3 Å². The molecule has 0 bridgehead atoms. The normalized spacial score (nSPS) is 10.7. The fourth-order valence-corrected chi connectivity index (χ4v) is 3.42. The maximum Gasteiger partial charge on any atom is 0.372 e. The van der Waals surface area contributed by atoms with Gasteiger partial charge in [0.05, 0.1) is 0 Å². The molecule has 0 saturated carbocycles. The molecule has 1 heterocycles. The Hall–Kier alpha value is -2.73. The van der Waals surface area contributed by atoms with E-state index in [4.69, 9.17) is 4.74 Å². The maximum atomic E-state index is 12.9. The number of nitrogens with zero attached hydrogens (tertiary/aromatic N) is 1. The van der Waals surface area contributed by atoms with E-state index >= 15 is 0 Å². The van der Waals surface area contributed by atoms with E-state index in [1.165, 1.54) is 35.6 Å². The highest BCUT2D eigenvalue weighted by atomic mass is 32.1. The van der Waals surface area contributed by atoms with Crippen LogP contribution in [0.4, 0.5) is 4.39 Å². The fourth-order valence-electron chi connectivity index (χ4n) is 2.63. The number of aromatic nitrogens is 1. The van der Waals surface area contributed by atoms with E-state index in [0.717, 1.165) is 34.4 Å². The first-order valence-electron chi connectivity index (χ1n) is 8.14. The Morgan fingerprint density at radius 1 is 1.15 bits per heavy atom. The highest BCUT2D eigenvalue weighted by Crippen LogP contribution is 2.24. The molecule has 0 amide bonds. The molecule has 3 rings (SSSR count). The van der Waals surface area contributed by atoms with E-state index in [1.54, 1.807) is 6.20 Å². The second kappa shape index (κ2) is 7.66. The molecule has 1 N–H and O–H groups in total. The van der Waals surface area contributed by atoms with E-state index in [0.29, 0.717) is 5.75 Å². The number of aromatic hydroxyl groups is 1. The Bertz CT molecular complexity index is 911.